The summed E-state index contributed by atoms with van der Waals surface area (Å²) >= 11 is 0. The number of nitrogens with one attached hydrogen (secondary N) is 1. The number of hydrogen-bond donors (Lipinski definition) is 2. The van der Waals surface area contributed by atoms with Crippen molar-refractivity contribution in [2.45, 2.75) is 26.7 Å². The first kappa shape index (κ1) is 14.9. The van der Waals surface area contributed by atoms with Gasteiger partial charge in [-0.3, -0.25) is 4.79 Å². The third kappa shape index (κ3) is 3.31. The molecule has 20 heavy (non-hydrogen) atoms. The summed E-state index contributed by atoms with van der Waals surface area (Å²) in [4.78, 5) is 14.4. The molecule has 2 N–H and O–H groups in total. The first-order valence-electron chi connectivity index (χ1n) is 7.42. The van der Waals surface area contributed by atoms with Gasteiger partial charge in [-0.2, -0.15) is 0 Å². The number of piperidine rings is 1. The molecule has 1 fully saturated rings. The van der Waals surface area contributed by atoms with E-state index < -0.39 is 0 Å². The number of carbonyl (C=O) groups excluding carboxylic acids is 1. The van der Waals surface area contributed by atoms with Gasteiger partial charge in [-0.05, 0) is 57.3 Å². The molecule has 110 valence electrons. The lowest BCUT2D eigenvalue weighted by Crippen LogP contribution is -2.41. The topological polar surface area (TPSA) is 52.6 Å². The van der Waals surface area contributed by atoms with E-state index in [-0.39, 0.29) is 11.7 Å². The van der Waals surface area contributed by atoms with Gasteiger partial charge in [-0.15, -0.1) is 0 Å². The van der Waals surface area contributed by atoms with Gasteiger partial charge in [0.05, 0.1) is 5.56 Å². The van der Waals surface area contributed by atoms with E-state index in [0.29, 0.717) is 18.0 Å². The van der Waals surface area contributed by atoms with E-state index in [1.165, 1.54) is 6.42 Å². The number of phenols is 1. The zero-order valence-electron chi connectivity index (χ0n) is 12.4. The average molecular weight is 276 g/mol. The summed E-state index contributed by atoms with van der Waals surface area (Å²) in [6, 6.07) is 5.33. The van der Waals surface area contributed by atoms with E-state index in [2.05, 4.69) is 5.32 Å². The summed E-state index contributed by atoms with van der Waals surface area (Å²) in [6.45, 7) is 7.28. The zero-order chi connectivity index (χ0) is 14.5. The smallest absolute Gasteiger partial charge is 0.257 e. The fraction of sp³-hybridized carbons (Fsp3) is 0.562. The van der Waals surface area contributed by atoms with Crippen molar-refractivity contribution in [1.82, 2.24) is 10.2 Å². The fourth-order valence-electron chi connectivity index (χ4n) is 2.75. The van der Waals surface area contributed by atoms with E-state index in [9.17, 15) is 9.90 Å². The van der Waals surface area contributed by atoms with E-state index in [1.807, 2.05) is 30.9 Å². The number of hydrogen-bond acceptors (Lipinski definition) is 3. The van der Waals surface area contributed by atoms with Gasteiger partial charge in [-0.1, -0.05) is 12.1 Å². The first-order valence-corrected chi connectivity index (χ1v) is 7.42. The Morgan fingerprint density at radius 3 is 2.95 bits per heavy atom. The summed E-state index contributed by atoms with van der Waals surface area (Å²) < 4.78 is 0. The molecule has 0 radical (unpaired) electrons. The van der Waals surface area contributed by atoms with Gasteiger partial charge in [0.1, 0.15) is 5.75 Å². The van der Waals surface area contributed by atoms with Gasteiger partial charge in [0.25, 0.3) is 5.91 Å². The highest BCUT2D eigenvalue weighted by atomic mass is 16.3. The van der Waals surface area contributed by atoms with E-state index in [4.69, 9.17) is 0 Å². The Kier molecular flexibility index (Phi) is 5.01. The molecule has 1 unspecified atom stereocenters. The van der Waals surface area contributed by atoms with Crippen molar-refractivity contribution >= 4 is 5.91 Å². The average Bonchev–Trinajstić information content (AvgIpc) is 2.48. The second-order valence-electron chi connectivity index (χ2n) is 5.53. The lowest BCUT2D eigenvalue weighted by atomic mass is 9.98. The minimum Gasteiger partial charge on any atom is -0.507 e. The number of nitrogens with zero attached hydrogens (tertiary/aromatic N) is 1. The van der Waals surface area contributed by atoms with Crippen LogP contribution < -0.4 is 5.32 Å². The molecule has 0 saturated carbocycles. The maximum Gasteiger partial charge on any atom is 0.257 e. The van der Waals surface area contributed by atoms with E-state index in [0.717, 1.165) is 31.6 Å². The largest absolute Gasteiger partial charge is 0.507 e. The summed E-state index contributed by atoms with van der Waals surface area (Å²) in [7, 11) is 0. The number of aromatic hydroxyl groups is 1. The molecule has 1 heterocycles. The second kappa shape index (κ2) is 6.75. The Morgan fingerprint density at radius 2 is 2.30 bits per heavy atom. The Bertz CT molecular complexity index is 468. The van der Waals surface area contributed by atoms with Crippen LogP contribution in [0.15, 0.2) is 18.2 Å². The SMILES string of the molecule is CCN(CC1CCCNC1)C(=O)c1cccc(C)c1O. The van der Waals surface area contributed by atoms with Crippen molar-refractivity contribution in [3.63, 3.8) is 0 Å². The second-order valence-corrected chi connectivity index (χ2v) is 5.53. The van der Waals surface area contributed by atoms with Crippen LogP contribution in [-0.2, 0) is 0 Å². The Hall–Kier alpha value is -1.55. The van der Waals surface area contributed by atoms with Crippen LogP contribution in [0.1, 0.15) is 35.7 Å². The molecule has 0 aromatic heterocycles. The van der Waals surface area contributed by atoms with Gasteiger partial charge >= 0.3 is 0 Å². The normalized spacial score (nSPS) is 18.8. The van der Waals surface area contributed by atoms with Crippen LogP contribution in [0.5, 0.6) is 5.75 Å². The predicted octanol–water partition coefficient (Wildman–Crippen LogP) is 2.16. The van der Waals surface area contributed by atoms with Crippen LogP contribution in [0, 0.1) is 12.8 Å². The van der Waals surface area contributed by atoms with Gasteiger partial charge in [0.2, 0.25) is 0 Å². The van der Waals surface area contributed by atoms with Crippen LogP contribution >= 0.6 is 0 Å². The quantitative estimate of drug-likeness (QED) is 0.886. The molecule has 1 atom stereocenters. The maximum atomic E-state index is 12.6. The Balaban J connectivity index is 2.10. The third-order valence-electron chi connectivity index (χ3n) is 4.01. The summed E-state index contributed by atoms with van der Waals surface area (Å²) in [6.07, 6.45) is 2.34. The predicted molar refractivity (Wildman–Crippen MR) is 80.0 cm³/mol. The van der Waals surface area contributed by atoms with Gasteiger partial charge in [-0.25, -0.2) is 0 Å². The minimum atomic E-state index is -0.0701. The highest BCUT2D eigenvalue weighted by Gasteiger charge is 2.22. The first-order chi connectivity index (χ1) is 9.63. The van der Waals surface area contributed by atoms with Crippen molar-refractivity contribution < 1.29 is 9.90 Å². The number of aryl methyl sites for hydroxylation is 1. The number of carbonyl (C=O) groups is 1. The standard InChI is InChI=1S/C16H24N2O2/c1-3-18(11-13-7-5-9-17-10-13)16(20)14-8-4-6-12(2)15(14)19/h4,6,8,13,17,19H,3,5,7,9-11H2,1-2H3. The van der Waals surface area contributed by atoms with Crippen LogP contribution in [0.2, 0.25) is 0 Å². The molecule has 1 aromatic carbocycles. The Labute approximate surface area is 120 Å². The summed E-state index contributed by atoms with van der Waals surface area (Å²) in [5.74, 6) is 0.552. The zero-order valence-corrected chi connectivity index (χ0v) is 12.4. The molecule has 1 amide bonds. The van der Waals surface area contributed by atoms with Crippen molar-refractivity contribution in [3.05, 3.63) is 29.3 Å². The van der Waals surface area contributed by atoms with Gasteiger partial charge < -0.3 is 15.3 Å². The molecule has 0 aliphatic carbocycles. The molecule has 2 rings (SSSR count). The molecule has 0 bridgehead atoms. The van der Waals surface area contributed by atoms with Crippen molar-refractivity contribution in [1.29, 1.82) is 0 Å². The monoisotopic (exact) mass is 276 g/mol. The number of amides is 1. The number of benzene rings is 1. The minimum absolute atomic E-state index is 0.0701. The van der Waals surface area contributed by atoms with Crippen molar-refractivity contribution in [3.8, 4) is 5.75 Å². The van der Waals surface area contributed by atoms with Crippen molar-refractivity contribution in [2.24, 2.45) is 5.92 Å². The summed E-state index contributed by atoms with van der Waals surface area (Å²) in [5.41, 5.74) is 1.15. The molecule has 1 aliphatic heterocycles. The molecular formula is C16H24N2O2. The number of rotatable bonds is 4. The fourth-order valence-corrected chi connectivity index (χ4v) is 2.75. The van der Waals surface area contributed by atoms with Crippen LogP contribution in [-0.4, -0.2) is 42.1 Å². The van der Waals surface area contributed by atoms with Crippen molar-refractivity contribution in [2.75, 3.05) is 26.2 Å². The van der Waals surface area contributed by atoms with Crippen LogP contribution in [0.25, 0.3) is 0 Å². The molecule has 4 heteroatoms. The summed E-state index contributed by atoms with van der Waals surface area (Å²) in [5, 5.41) is 13.4. The number of phenolic OH excluding ortho intramolecular Hbond substituents is 1. The maximum absolute atomic E-state index is 12.6. The molecule has 0 spiro atoms. The highest BCUT2D eigenvalue weighted by molar-refractivity contribution is 5.97. The van der Waals surface area contributed by atoms with Gasteiger partial charge in [0.15, 0.2) is 0 Å². The molecule has 1 aromatic rings. The molecule has 4 nitrogen and oxygen atoms in total. The van der Waals surface area contributed by atoms with Gasteiger partial charge in [0, 0.05) is 13.1 Å². The Morgan fingerprint density at radius 1 is 1.50 bits per heavy atom. The molecule has 1 aliphatic rings. The van der Waals surface area contributed by atoms with E-state index >= 15 is 0 Å². The molecular weight excluding hydrogens is 252 g/mol. The van der Waals surface area contributed by atoms with E-state index in [1.54, 1.807) is 6.07 Å². The lowest BCUT2D eigenvalue weighted by molar-refractivity contribution is 0.0726. The van der Waals surface area contributed by atoms with Crippen LogP contribution in [0.4, 0.5) is 0 Å². The van der Waals surface area contributed by atoms with Crippen LogP contribution in [0.3, 0.4) is 0 Å². The lowest BCUT2D eigenvalue weighted by Gasteiger charge is -2.29. The third-order valence-corrected chi connectivity index (χ3v) is 4.01. The number of para-hydroxylation sites is 1. The molecule has 1 saturated heterocycles. The highest BCUT2D eigenvalue weighted by Crippen LogP contribution is 2.23.